The van der Waals surface area contributed by atoms with Crippen molar-refractivity contribution in [1.29, 1.82) is 0 Å². The average molecular weight is 829 g/mol. The minimum atomic E-state index is -2.64. The van der Waals surface area contributed by atoms with Crippen LogP contribution in [0.2, 0.25) is 18.1 Å². The van der Waals surface area contributed by atoms with Crippen LogP contribution in [0.25, 0.3) is 0 Å². The van der Waals surface area contributed by atoms with E-state index >= 15 is 0 Å². The Kier molecular flexibility index (Phi) is 13.3. The maximum Gasteiger partial charge on any atom is 0.311 e. The molecule has 0 saturated carbocycles. The zero-order valence-corrected chi connectivity index (χ0v) is 38.4. The van der Waals surface area contributed by atoms with Crippen molar-refractivity contribution >= 4 is 20.3 Å². The second-order valence-corrected chi connectivity index (χ2v) is 24.1. The molecular formula is C45H68O12Si. The Morgan fingerprint density at radius 2 is 1.28 bits per heavy atom. The lowest BCUT2D eigenvalue weighted by Gasteiger charge is -2.47. The molecule has 0 spiro atoms. The van der Waals surface area contributed by atoms with Crippen LogP contribution >= 0.6 is 0 Å². The quantitative estimate of drug-likeness (QED) is 0.0973. The molecule has 5 rings (SSSR count). The van der Waals surface area contributed by atoms with Crippen molar-refractivity contribution in [2.45, 2.75) is 136 Å². The zero-order valence-electron chi connectivity index (χ0n) is 37.4. The molecule has 3 aliphatic rings. The number of methoxy groups -OCH3 is 2. The molecule has 0 radical (unpaired) electrons. The molecule has 0 aromatic heterocycles. The van der Waals surface area contributed by atoms with Gasteiger partial charge in [-0.15, -0.1) is 0 Å². The molecular weight excluding hydrogens is 761 g/mol. The van der Waals surface area contributed by atoms with E-state index in [-0.39, 0.29) is 43.2 Å². The van der Waals surface area contributed by atoms with Gasteiger partial charge < -0.3 is 47.1 Å². The van der Waals surface area contributed by atoms with E-state index in [0.29, 0.717) is 18.1 Å². The van der Waals surface area contributed by atoms with Gasteiger partial charge in [0.25, 0.3) is 0 Å². The molecule has 0 amide bonds. The number of benzene rings is 2. The number of esters is 2. The highest BCUT2D eigenvalue weighted by atomic mass is 28.4. The van der Waals surface area contributed by atoms with Crippen LogP contribution in [0.15, 0.2) is 48.5 Å². The fourth-order valence-electron chi connectivity index (χ4n) is 7.91. The number of ether oxygens (including phenoxy) is 9. The van der Waals surface area contributed by atoms with Crippen molar-refractivity contribution in [3.05, 3.63) is 59.7 Å². The molecule has 2 bridgehead atoms. The molecule has 3 fully saturated rings. The highest BCUT2D eigenvalue weighted by Gasteiger charge is 2.78. The number of hydrogen-bond donors (Lipinski definition) is 0. The van der Waals surface area contributed by atoms with Crippen LogP contribution in [0.4, 0.5) is 0 Å². The highest BCUT2D eigenvalue weighted by molar-refractivity contribution is 6.74. The van der Waals surface area contributed by atoms with E-state index in [4.69, 9.17) is 47.1 Å². The molecule has 0 N–H and O–H groups in total. The van der Waals surface area contributed by atoms with Gasteiger partial charge in [-0.3, -0.25) is 9.59 Å². The van der Waals surface area contributed by atoms with Crippen molar-refractivity contribution < 1.29 is 56.6 Å². The average Bonchev–Trinajstić information content (AvgIpc) is 3.80. The summed E-state index contributed by atoms with van der Waals surface area (Å²) < 4.78 is 65.6. The molecule has 324 valence electrons. The van der Waals surface area contributed by atoms with E-state index in [9.17, 15) is 9.59 Å². The first-order valence-electron chi connectivity index (χ1n) is 20.5. The smallest absolute Gasteiger partial charge is 0.311 e. The number of carbonyl (C=O) groups excluding carboxylic acids is 2. The summed E-state index contributed by atoms with van der Waals surface area (Å²) in [6.07, 6.45) is -1.87. The number of rotatable bonds is 15. The van der Waals surface area contributed by atoms with Crippen LogP contribution in [0.5, 0.6) is 11.5 Å². The first kappa shape index (κ1) is 46.0. The number of hydrogen-bond acceptors (Lipinski definition) is 12. The van der Waals surface area contributed by atoms with Gasteiger partial charge in [0.2, 0.25) is 5.79 Å². The molecule has 2 aromatic carbocycles. The van der Waals surface area contributed by atoms with Gasteiger partial charge in [0.05, 0.1) is 56.9 Å². The number of fused-ring (bicyclic) bond motifs is 2. The fourth-order valence-corrected chi connectivity index (χ4v) is 9.36. The van der Waals surface area contributed by atoms with Crippen LogP contribution in [0.3, 0.4) is 0 Å². The molecule has 3 aliphatic heterocycles. The summed E-state index contributed by atoms with van der Waals surface area (Å²) in [7, 11) is 0.596. The Balaban J connectivity index is 1.73. The van der Waals surface area contributed by atoms with E-state index in [1.54, 1.807) is 14.2 Å². The molecule has 3 saturated heterocycles. The SMILES string of the molecule is CCOC(C)O[C@@H]1C[C@@]2(O[Si](C)(C)C(C)(C)C)O[C@]1([C@@H]1COC(c3ccc(OC)cc3)(c3ccc(OC)cc3)O1)[C@@H](COC(=O)C(C)(C)C)[C@H]2COC(=O)C(C)(C)C. The molecule has 13 heteroatoms. The Bertz CT molecular complexity index is 1680. The van der Waals surface area contributed by atoms with E-state index in [1.807, 2.05) is 104 Å². The molecule has 7 atom stereocenters. The maximum atomic E-state index is 13.6. The van der Waals surface area contributed by atoms with E-state index in [2.05, 4.69) is 33.9 Å². The first-order valence-corrected chi connectivity index (χ1v) is 23.4. The standard InChI is InChI=1S/C45H68O12Si/c1-16-50-29(2)54-36-25-43(57-58(14,15)42(9,10)11)34(26-51-38(46)40(3,4)5)35(27-52-39(47)41(6,7)8)44(36,56-43)37-28-53-45(55-37,30-17-21-32(48-12)22-18-30)31-19-23-33(49-13)24-20-31/h17-24,29,34-37H,16,25-28H2,1-15H3/t29?,34-,35+,36-,37+,43+,44-/m1/s1. The summed E-state index contributed by atoms with van der Waals surface area (Å²) in [5.74, 6) is -3.38. The number of carbonyl (C=O) groups is 2. The Morgan fingerprint density at radius 1 is 0.793 bits per heavy atom. The molecule has 1 unspecified atom stereocenters. The van der Waals surface area contributed by atoms with Gasteiger partial charge in [0.1, 0.15) is 23.2 Å². The van der Waals surface area contributed by atoms with Crippen LogP contribution in [0.1, 0.15) is 93.7 Å². The summed E-state index contributed by atoms with van der Waals surface area (Å²) in [6.45, 7) is 25.9. The Labute approximate surface area is 346 Å². The van der Waals surface area contributed by atoms with Crippen molar-refractivity contribution in [2.24, 2.45) is 22.7 Å². The van der Waals surface area contributed by atoms with Crippen LogP contribution in [-0.2, 0) is 53.0 Å². The van der Waals surface area contributed by atoms with Crippen LogP contribution in [0, 0.1) is 22.7 Å². The highest BCUT2D eigenvalue weighted by Crippen LogP contribution is 2.64. The third-order valence-corrected chi connectivity index (χ3v) is 16.6. The van der Waals surface area contributed by atoms with Crippen LogP contribution in [-0.4, -0.2) is 90.8 Å². The van der Waals surface area contributed by atoms with E-state index < -0.39 is 66.7 Å². The van der Waals surface area contributed by atoms with E-state index in [1.165, 1.54) is 0 Å². The summed E-state index contributed by atoms with van der Waals surface area (Å²) >= 11 is 0. The van der Waals surface area contributed by atoms with Crippen molar-refractivity contribution in [2.75, 3.05) is 40.6 Å². The molecule has 2 aromatic rings. The third-order valence-electron chi connectivity index (χ3n) is 12.1. The topological polar surface area (TPSA) is 126 Å². The monoisotopic (exact) mass is 828 g/mol. The summed E-state index contributed by atoms with van der Waals surface area (Å²) in [6, 6.07) is 15.1. The van der Waals surface area contributed by atoms with Gasteiger partial charge in [0, 0.05) is 30.1 Å². The Morgan fingerprint density at radius 3 is 1.71 bits per heavy atom. The lowest BCUT2D eigenvalue weighted by molar-refractivity contribution is -0.249. The summed E-state index contributed by atoms with van der Waals surface area (Å²) in [5, 5.41) is -0.223. The van der Waals surface area contributed by atoms with Crippen molar-refractivity contribution in [1.82, 2.24) is 0 Å². The minimum absolute atomic E-state index is 0.0480. The van der Waals surface area contributed by atoms with Crippen molar-refractivity contribution in [3.63, 3.8) is 0 Å². The van der Waals surface area contributed by atoms with Crippen LogP contribution < -0.4 is 9.47 Å². The lowest BCUT2D eigenvalue weighted by Crippen LogP contribution is -2.62. The van der Waals surface area contributed by atoms with Gasteiger partial charge >= 0.3 is 11.9 Å². The van der Waals surface area contributed by atoms with Crippen molar-refractivity contribution in [3.8, 4) is 11.5 Å². The third kappa shape index (κ3) is 8.87. The largest absolute Gasteiger partial charge is 0.497 e. The van der Waals surface area contributed by atoms with Gasteiger partial charge in [0.15, 0.2) is 20.4 Å². The normalized spacial score (nSPS) is 27.6. The van der Waals surface area contributed by atoms with E-state index in [0.717, 1.165) is 11.1 Å². The van der Waals surface area contributed by atoms with Gasteiger partial charge in [-0.05, 0) is 122 Å². The minimum Gasteiger partial charge on any atom is -0.497 e. The molecule has 58 heavy (non-hydrogen) atoms. The maximum absolute atomic E-state index is 13.6. The molecule has 0 aliphatic carbocycles. The lowest BCUT2D eigenvalue weighted by atomic mass is 9.67. The summed E-state index contributed by atoms with van der Waals surface area (Å²) in [5.41, 5.74) is -1.47. The van der Waals surface area contributed by atoms with Gasteiger partial charge in [-0.1, -0.05) is 20.8 Å². The van der Waals surface area contributed by atoms with Gasteiger partial charge in [-0.25, -0.2) is 0 Å². The predicted octanol–water partition coefficient (Wildman–Crippen LogP) is 8.39. The first-order chi connectivity index (χ1) is 26.9. The van der Waals surface area contributed by atoms with Gasteiger partial charge in [-0.2, -0.15) is 0 Å². The second-order valence-electron chi connectivity index (χ2n) is 19.4. The molecule has 12 nitrogen and oxygen atoms in total. The molecule has 3 heterocycles. The summed E-state index contributed by atoms with van der Waals surface area (Å²) in [4.78, 5) is 27.1. The second kappa shape index (κ2) is 16.8. The Hall–Kier alpha value is -3.04. The fraction of sp³-hybridized carbons (Fsp3) is 0.689. The zero-order chi connectivity index (χ0) is 43.1. The predicted molar refractivity (Wildman–Crippen MR) is 221 cm³/mol.